The minimum atomic E-state index is 0.255. The van der Waals surface area contributed by atoms with Crippen molar-refractivity contribution >= 4 is 16.7 Å². The molecule has 0 bridgehead atoms. The standard InChI is InChI=1S/C11H19N3O2S/c1-8-6-14(7-9(2)16-8)11-12-10(13-17-11)4-5-15-3/h8-9H,4-7H2,1-3H3. The second-order valence-electron chi connectivity index (χ2n) is 4.40. The van der Waals surface area contributed by atoms with Crippen LogP contribution in [0.2, 0.25) is 0 Å². The van der Waals surface area contributed by atoms with Gasteiger partial charge in [-0.3, -0.25) is 0 Å². The van der Waals surface area contributed by atoms with Gasteiger partial charge in [-0.25, -0.2) is 4.98 Å². The van der Waals surface area contributed by atoms with Crippen molar-refractivity contribution in [1.29, 1.82) is 0 Å². The third-order valence-electron chi connectivity index (χ3n) is 2.68. The molecule has 17 heavy (non-hydrogen) atoms. The predicted octanol–water partition coefficient (Wildman–Crippen LogP) is 1.34. The van der Waals surface area contributed by atoms with E-state index in [1.54, 1.807) is 7.11 Å². The predicted molar refractivity (Wildman–Crippen MR) is 67.7 cm³/mol. The summed E-state index contributed by atoms with van der Waals surface area (Å²) in [5.41, 5.74) is 0. The first-order valence-electron chi connectivity index (χ1n) is 5.91. The zero-order chi connectivity index (χ0) is 12.3. The Labute approximate surface area is 106 Å². The van der Waals surface area contributed by atoms with Crippen LogP contribution in [0.5, 0.6) is 0 Å². The van der Waals surface area contributed by atoms with Gasteiger partial charge in [-0.05, 0) is 13.8 Å². The fourth-order valence-corrected chi connectivity index (χ4v) is 2.73. The van der Waals surface area contributed by atoms with Crippen molar-refractivity contribution in [3.8, 4) is 0 Å². The molecule has 1 aliphatic rings. The first-order valence-corrected chi connectivity index (χ1v) is 6.68. The Kier molecular flexibility index (Phi) is 4.31. The van der Waals surface area contributed by atoms with Crippen LogP contribution in [0.1, 0.15) is 19.7 Å². The molecule has 0 saturated carbocycles. The Morgan fingerprint density at radius 2 is 2.12 bits per heavy atom. The molecule has 0 radical (unpaired) electrons. The van der Waals surface area contributed by atoms with Crippen molar-refractivity contribution in [2.75, 3.05) is 31.7 Å². The number of nitrogens with zero attached hydrogens (tertiary/aromatic N) is 3. The van der Waals surface area contributed by atoms with Crippen LogP contribution >= 0.6 is 11.5 Å². The maximum Gasteiger partial charge on any atom is 0.205 e. The van der Waals surface area contributed by atoms with E-state index in [2.05, 4.69) is 28.1 Å². The molecule has 96 valence electrons. The average Bonchev–Trinajstić information content (AvgIpc) is 2.73. The van der Waals surface area contributed by atoms with E-state index in [4.69, 9.17) is 9.47 Å². The molecule has 5 nitrogen and oxygen atoms in total. The summed E-state index contributed by atoms with van der Waals surface area (Å²) in [6, 6.07) is 0. The highest BCUT2D eigenvalue weighted by molar-refractivity contribution is 7.09. The first-order chi connectivity index (χ1) is 8.19. The molecule has 0 N–H and O–H groups in total. The van der Waals surface area contributed by atoms with Gasteiger partial charge in [-0.15, -0.1) is 0 Å². The van der Waals surface area contributed by atoms with E-state index in [0.717, 1.165) is 30.5 Å². The molecule has 0 spiro atoms. The summed E-state index contributed by atoms with van der Waals surface area (Å²) < 4.78 is 15.1. The van der Waals surface area contributed by atoms with E-state index >= 15 is 0 Å². The highest BCUT2D eigenvalue weighted by Crippen LogP contribution is 2.22. The zero-order valence-electron chi connectivity index (χ0n) is 10.5. The second-order valence-corrected chi connectivity index (χ2v) is 5.13. The number of aromatic nitrogens is 2. The number of methoxy groups -OCH3 is 1. The van der Waals surface area contributed by atoms with E-state index in [1.165, 1.54) is 11.5 Å². The summed E-state index contributed by atoms with van der Waals surface area (Å²) in [5.74, 6) is 0.874. The van der Waals surface area contributed by atoms with E-state index in [-0.39, 0.29) is 12.2 Å². The highest BCUT2D eigenvalue weighted by Gasteiger charge is 2.24. The number of ether oxygens (including phenoxy) is 2. The Balaban J connectivity index is 1.98. The van der Waals surface area contributed by atoms with Gasteiger partial charge >= 0.3 is 0 Å². The minimum Gasteiger partial charge on any atom is -0.384 e. The summed E-state index contributed by atoms with van der Waals surface area (Å²) in [7, 11) is 1.69. The highest BCUT2D eigenvalue weighted by atomic mass is 32.1. The van der Waals surface area contributed by atoms with E-state index in [0.29, 0.717) is 6.61 Å². The Hall–Kier alpha value is -0.720. The molecule has 0 aromatic carbocycles. The van der Waals surface area contributed by atoms with Gasteiger partial charge in [-0.2, -0.15) is 4.37 Å². The molecular weight excluding hydrogens is 238 g/mol. The van der Waals surface area contributed by atoms with Crippen molar-refractivity contribution in [3.63, 3.8) is 0 Å². The van der Waals surface area contributed by atoms with Gasteiger partial charge in [0, 0.05) is 38.2 Å². The lowest BCUT2D eigenvalue weighted by atomic mass is 10.2. The molecule has 0 aliphatic carbocycles. The molecule has 2 rings (SSSR count). The smallest absolute Gasteiger partial charge is 0.205 e. The monoisotopic (exact) mass is 257 g/mol. The van der Waals surface area contributed by atoms with Crippen LogP contribution in [0.3, 0.4) is 0 Å². The van der Waals surface area contributed by atoms with Crippen molar-refractivity contribution < 1.29 is 9.47 Å². The van der Waals surface area contributed by atoms with Gasteiger partial charge < -0.3 is 14.4 Å². The number of morpholine rings is 1. The number of hydrogen-bond donors (Lipinski definition) is 0. The van der Waals surface area contributed by atoms with Crippen LogP contribution in [-0.2, 0) is 15.9 Å². The van der Waals surface area contributed by atoms with Crippen LogP contribution in [0.15, 0.2) is 0 Å². The fraction of sp³-hybridized carbons (Fsp3) is 0.818. The van der Waals surface area contributed by atoms with Crippen molar-refractivity contribution in [1.82, 2.24) is 9.36 Å². The summed E-state index contributed by atoms with van der Waals surface area (Å²) >= 11 is 1.46. The maximum atomic E-state index is 5.70. The van der Waals surface area contributed by atoms with Crippen LogP contribution in [-0.4, -0.2) is 48.4 Å². The molecule has 1 aromatic heterocycles. The Bertz CT molecular complexity index is 348. The van der Waals surface area contributed by atoms with Gasteiger partial charge in [-0.1, -0.05) is 0 Å². The number of hydrogen-bond acceptors (Lipinski definition) is 6. The van der Waals surface area contributed by atoms with Crippen LogP contribution in [0.4, 0.5) is 5.13 Å². The molecule has 2 unspecified atom stereocenters. The summed E-state index contributed by atoms with van der Waals surface area (Å²) in [5, 5.41) is 0.998. The van der Waals surface area contributed by atoms with Crippen molar-refractivity contribution in [3.05, 3.63) is 5.82 Å². The van der Waals surface area contributed by atoms with E-state index < -0.39 is 0 Å². The third-order valence-corrected chi connectivity index (χ3v) is 3.49. The van der Waals surface area contributed by atoms with Gasteiger partial charge in [0.1, 0.15) is 5.82 Å². The largest absolute Gasteiger partial charge is 0.384 e. The lowest BCUT2D eigenvalue weighted by Crippen LogP contribution is -2.45. The molecule has 1 aliphatic heterocycles. The fourth-order valence-electron chi connectivity index (χ4n) is 2.00. The average molecular weight is 257 g/mol. The minimum absolute atomic E-state index is 0.255. The molecule has 2 heterocycles. The molecule has 2 atom stereocenters. The van der Waals surface area contributed by atoms with Crippen molar-refractivity contribution in [2.45, 2.75) is 32.5 Å². The molecular formula is C11H19N3O2S. The van der Waals surface area contributed by atoms with Gasteiger partial charge in [0.05, 0.1) is 18.8 Å². The van der Waals surface area contributed by atoms with Gasteiger partial charge in [0.2, 0.25) is 5.13 Å². The number of anilines is 1. The number of rotatable bonds is 4. The molecule has 0 amide bonds. The second kappa shape index (κ2) is 5.75. The topological polar surface area (TPSA) is 47.5 Å². The Morgan fingerprint density at radius 1 is 1.41 bits per heavy atom. The summed E-state index contributed by atoms with van der Waals surface area (Å²) in [6.07, 6.45) is 1.29. The van der Waals surface area contributed by atoms with Gasteiger partial charge in [0.15, 0.2) is 0 Å². The van der Waals surface area contributed by atoms with Crippen LogP contribution in [0, 0.1) is 0 Å². The lowest BCUT2D eigenvalue weighted by Gasteiger charge is -2.34. The normalized spacial score (nSPS) is 25.2. The van der Waals surface area contributed by atoms with Crippen LogP contribution in [0.25, 0.3) is 0 Å². The lowest BCUT2D eigenvalue weighted by molar-refractivity contribution is -0.00523. The SMILES string of the molecule is COCCc1nsc(N2CC(C)OC(C)C2)n1. The summed E-state index contributed by atoms with van der Waals surface area (Å²) in [6.45, 7) is 6.64. The molecule has 6 heteroatoms. The zero-order valence-corrected chi connectivity index (χ0v) is 11.4. The summed E-state index contributed by atoms with van der Waals surface area (Å²) in [4.78, 5) is 6.79. The van der Waals surface area contributed by atoms with E-state index in [9.17, 15) is 0 Å². The Morgan fingerprint density at radius 3 is 2.76 bits per heavy atom. The van der Waals surface area contributed by atoms with Gasteiger partial charge in [0.25, 0.3) is 0 Å². The van der Waals surface area contributed by atoms with Crippen molar-refractivity contribution in [2.24, 2.45) is 0 Å². The maximum absolute atomic E-state index is 5.70. The third kappa shape index (κ3) is 3.37. The van der Waals surface area contributed by atoms with E-state index in [1.807, 2.05) is 0 Å². The van der Waals surface area contributed by atoms with Crippen LogP contribution < -0.4 is 4.90 Å². The quantitative estimate of drug-likeness (QED) is 0.814. The molecule has 1 fully saturated rings. The molecule has 1 saturated heterocycles. The first kappa shape index (κ1) is 12.7. The molecule has 1 aromatic rings.